The van der Waals surface area contributed by atoms with Crippen LogP contribution >= 0.6 is 24.2 Å². The van der Waals surface area contributed by atoms with Crippen LogP contribution in [0.15, 0.2) is 18.2 Å². The van der Waals surface area contributed by atoms with Crippen LogP contribution in [-0.2, 0) is 17.5 Å². The number of benzene rings is 1. The normalized spacial score (nSPS) is 12.5. The first-order valence-corrected chi connectivity index (χ1v) is 7.38. The summed E-state index contributed by atoms with van der Waals surface area (Å²) in [5, 5.41) is 2.51. The van der Waals surface area contributed by atoms with Gasteiger partial charge in [-0.15, -0.1) is 12.4 Å². The first kappa shape index (κ1) is 20.1. The van der Waals surface area contributed by atoms with Crippen LogP contribution in [0.3, 0.4) is 0 Å². The largest absolute Gasteiger partial charge is 0.416 e. The zero-order chi connectivity index (χ0) is 15.3. The number of carbonyl (C=O) groups is 1. The van der Waals surface area contributed by atoms with Crippen molar-refractivity contribution in [3.63, 3.8) is 0 Å². The number of rotatable bonds is 5. The molecule has 0 spiro atoms. The SMILES string of the molecule is CSCC(C)C(=O)Nc1cc(CN)cc(C(F)(F)F)c1.Cl. The lowest BCUT2D eigenvalue weighted by Crippen LogP contribution is -2.22. The molecule has 8 heteroatoms. The number of hydrogen-bond acceptors (Lipinski definition) is 3. The topological polar surface area (TPSA) is 55.1 Å². The summed E-state index contributed by atoms with van der Waals surface area (Å²) in [7, 11) is 0. The van der Waals surface area contributed by atoms with Crippen molar-refractivity contribution in [2.75, 3.05) is 17.3 Å². The van der Waals surface area contributed by atoms with Crippen molar-refractivity contribution < 1.29 is 18.0 Å². The molecule has 1 rings (SSSR count). The third kappa shape index (κ3) is 6.15. The van der Waals surface area contributed by atoms with E-state index in [-0.39, 0.29) is 36.5 Å². The van der Waals surface area contributed by atoms with Crippen LogP contribution < -0.4 is 11.1 Å². The first-order chi connectivity index (χ1) is 9.27. The molecular formula is C13H18ClF3N2OS. The van der Waals surface area contributed by atoms with Gasteiger partial charge in [0.25, 0.3) is 0 Å². The Balaban J connectivity index is 0.00000400. The lowest BCUT2D eigenvalue weighted by atomic mass is 10.1. The summed E-state index contributed by atoms with van der Waals surface area (Å²) in [4.78, 5) is 11.8. The summed E-state index contributed by atoms with van der Waals surface area (Å²) in [5.41, 5.74) is 5.02. The van der Waals surface area contributed by atoms with Crippen LogP contribution in [-0.4, -0.2) is 17.9 Å². The van der Waals surface area contributed by atoms with E-state index in [1.54, 1.807) is 6.92 Å². The highest BCUT2D eigenvalue weighted by Gasteiger charge is 2.31. The van der Waals surface area contributed by atoms with Gasteiger partial charge in [-0.3, -0.25) is 4.79 Å². The Hall–Kier alpha value is -0.920. The van der Waals surface area contributed by atoms with Crippen LogP contribution in [0.5, 0.6) is 0 Å². The van der Waals surface area contributed by atoms with E-state index in [0.29, 0.717) is 11.3 Å². The molecule has 0 heterocycles. The maximum Gasteiger partial charge on any atom is 0.416 e. The lowest BCUT2D eigenvalue weighted by molar-refractivity contribution is -0.137. The third-order valence-electron chi connectivity index (χ3n) is 2.69. The van der Waals surface area contributed by atoms with Gasteiger partial charge in [0.2, 0.25) is 5.91 Å². The minimum atomic E-state index is -4.46. The minimum Gasteiger partial charge on any atom is -0.326 e. The van der Waals surface area contributed by atoms with E-state index in [0.717, 1.165) is 12.1 Å². The van der Waals surface area contributed by atoms with Gasteiger partial charge in [-0.1, -0.05) is 6.92 Å². The number of amides is 1. The predicted octanol–water partition coefficient (Wildman–Crippen LogP) is 3.52. The van der Waals surface area contributed by atoms with Crippen molar-refractivity contribution in [1.82, 2.24) is 0 Å². The van der Waals surface area contributed by atoms with Crippen molar-refractivity contribution in [3.8, 4) is 0 Å². The zero-order valence-corrected chi connectivity index (χ0v) is 13.3. The Bertz CT molecular complexity index is 483. The van der Waals surface area contributed by atoms with E-state index >= 15 is 0 Å². The fourth-order valence-electron chi connectivity index (χ4n) is 1.64. The second kappa shape index (κ2) is 8.51. The average Bonchev–Trinajstić information content (AvgIpc) is 2.37. The van der Waals surface area contributed by atoms with Crippen LogP contribution in [0.2, 0.25) is 0 Å². The molecule has 0 saturated heterocycles. The zero-order valence-electron chi connectivity index (χ0n) is 11.7. The Morgan fingerprint density at radius 2 is 2.00 bits per heavy atom. The molecule has 0 aliphatic rings. The molecule has 0 saturated carbocycles. The molecule has 0 aliphatic carbocycles. The third-order valence-corrected chi connectivity index (χ3v) is 3.52. The summed E-state index contributed by atoms with van der Waals surface area (Å²) < 4.78 is 38.2. The smallest absolute Gasteiger partial charge is 0.326 e. The summed E-state index contributed by atoms with van der Waals surface area (Å²) in [5.74, 6) is 0.0247. The van der Waals surface area contributed by atoms with E-state index in [4.69, 9.17) is 5.73 Å². The van der Waals surface area contributed by atoms with Crippen LogP contribution in [0.1, 0.15) is 18.1 Å². The molecule has 1 aromatic carbocycles. The second-order valence-corrected chi connectivity index (χ2v) is 5.38. The summed E-state index contributed by atoms with van der Waals surface area (Å²) in [6, 6.07) is 3.36. The first-order valence-electron chi connectivity index (χ1n) is 5.99. The fourth-order valence-corrected chi connectivity index (χ4v) is 2.29. The molecule has 21 heavy (non-hydrogen) atoms. The second-order valence-electron chi connectivity index (χ2n) is 4.47. The number of anilines is 1. The van der Waals surface area contributed by atoms with Crippen LogP contribution in [0.4, 0.5) is 18.9 Å². The summed E-state index contributed by atoms with van der Waals surface area (Å²) in [6.07, 6.45) is -2.60. The van der Waals surface area contributed by atoms with Gasteiger partial charge in [-0.25, -0.2) is 0 Å². The van der Waals surface area contributed by atoms with Gasteiger partial charge >= 0.3 is 6.18 Å². The van der Waals surface area contributed by atoms with E-state index in [1.807, 2.05) is 6.26 Å². The maximum atomic E-state index is 12.7. The highest BCUT2D eigenvalue weighted by atomic mass is 35.5. The quantitative estimate of drug-likeness (QED) is 0.860. The van der Waals surface area contributed by atoms with Gasteiger partial charge < -0.3 is 11.1 Å². The van der Waals surface area contributed by atoms with E-state index in [1.165, 1.54) is 17.8 Å². The Morgan fingerprint density at radius 1 is 1.38 bits per heavy atom. The standard InChI is InChI=1S/C13H17F3N2OS.ClH/c1-8(7-20-2)12(19)18-11-4-9(6-17)3-10(5-11)13(14,15)16;/h3-5,8H,6-7,17H2,1-2H3,(H,18,19);1H. The van der Waals surface area contributed by atoms with Gasteiger partial charge in [0.15, 0.2) is 0 Å². The number of nitrogens with two attached hydrogens (primary N) is 1. The number of thioether (sulfide) groups is 1. The van der Waals surface area contributed by atoms with Crippen molar-refractivity contribution >= 4 is 35.8 Å². The molecule has 0 aliphatic heterocycles. The molecular weight excluding hydrogens is 325 g/mol. The Labute approximate surface area is 132 Å². The van der Waals surface area contributed by atoms with Gasteiger partial charge in [-0.2, -0.15) is 24.9 Å². The van der Waals surface area contributed by atoms with Gasteiger partial charge in [0.05, 0.1) is 5.56 Å². The van der Waals surface area contributed by atoms with Crippen molar-refractivity contribution in [3.05, 3.63) is 29.3 Å². The van der Waals surface area contributed by atoms with Crippen LogP contribution in [0, 0.1) is 5.92 Å². The number of hydrogen-bond donors (Lipinski definition) is 2. The molecule has 0 fully saturated rings. The molecule has 1 aromatic rings. The van der Waals surface area contributed by atoms with E-state index in [9.17, 15) is 18.0 Å². The maximum absolute atomic E-state index is 12.7. The molecule has 3 nitrogen and oxygen atoms in total. The lowest BCUT2D eigenvalue weighted by Gasteiger charge is -2.14. The number of carbonyl (C=O) groups excluding carboxylic acids is 1. The molecule has 1 unspecified atom stereocenters. The molecule has 120 valence electrons. The minimum absolute atomic E-state index is 0. The molecule has 3 N–H and O–H groups in total. The monoisotopic (exact) mass is 342 g/mol. The molecule has 0 aromatic heterocycles. The highest BCUT2D eigenvalue weighted by Crippen LogP contribution is 2.32. The van der Waals surface area contributed by atoms with Gasteiger partial charge in [-0.05, 0) is 30.0 Å². The van der Waals surface area contributed by atoms with Crippen LogP contribution in [0.25, 0.3) is 0 Å². The number of alkyl halides is 3. The predicted molar refractivity (Wildman–Crippen MR) is 82.8 cm³/mol. The van der Waals surface area contributed by atoms with Crippen molar-refractivity contribution in [1.29, 1.82) is 0 Å². The Morgan fingerprint density at radius 3 is 2.48 bits per heavy atom. The highest BCUT2D eigenvalue weighted by molar-refractivity contribution is 7.98. The fraction of sp³-hybridized carbons (Fsp3) is 0.462. The molecule has 0 radical (unpaired) electrons. The van der Waals surface area contributed by atoms with E-state index < -0.39 is 11.7 Å². The Kier molecular flexibility index (Phi) is 8.13. The van der Waals surface area contributed by atoms with Crippen molar-refractivity contribution in [2.24, 2.45) is 11.7 Å². The van der Waals surface area contributed by atoms with Gasteiger partial charge in [0.1, 0.15) is 0 Å². The number of halogens is 4. The van der Waals surface area contributed by atoms with Crippen molar-refractivity contribution in [2.45, 2.75) is 19.6 Å². The summed E-state index contributed by atoms with van der Waals surface area (Å²) in [6.45, 7) is 1.70. The molecule has 1 atom stereocenters. The summed E-state index contributed by atoms with van der Waals surface area (Å²) >= 11 is 1.50. The van der Waals surface area contributed by atoms with E-state index in [2.05, 4.69) is 5.32 Å². The average molecular weight is 343 g/mol. The van der Waals surface area contributed by atoms with Gasteiger partial charge in [0, 0.05) is 23.9 Å². The molecule has 0 bridgehead atoms. The molecule has 1 amide bonds. The number of nitrogens with one attached hydrogen (secondary N) is 1.